The molecular weight excluding hydrogens is 306 g/mol. The third-order valence-electron chi connectivity index (χ3n) is 3.72. The van der Waals surface area contributed by atoms with Crippen LogP contribution in [-0.2, 0) is 4.79 Å². The molecule has 0 spiro atoms. The number of para-hydroxylation sites is 2. The predicted octanol–water partition coefficient (Wildman–Crippen LogP) is 3.32. The summed E-state index contributed by atoms with van der Waals surface area (Å²) in [5.41, 5.74) is 1.61. The molecule has 0 heterocycles. The maximum atomic E-state index is 12.0. The van der Waals surface area contributed by atoms with Crippen molar-refractivity contribution < 1.29 is 9.72 Å². The molecule has 24 heavy (non-hydrogen) atoms. The summed E-state index contributed by atoms with van der Waals surface area (Å²) >= 11 is 0. The first-order valence-corrected chi connectivity index (χ1v) is 7.87. The lowest BCUT2D eigenvalue weighted by Gasteiger charge is -2.12. The second kappa shape index (κ2) is 8.67. The highest BCUT2D eigenvalue weighted by atomic mass is 16.6. The average Bonchev–Trinajstić information content (AvgIpc) is 2.59. The lowest BCUT2D eigenvalue weighted by molar-refractivity contribution is -0.384. The zero-order valence-corrected chi connectivity index (χ0v) is 13.6. The van der Waals surface area contributed by atoms with Crippen LogP contribution in [-0.4, -0.2) is 23.9 Å². The summed E-state index contributed by atoms with van der Waals surface area (Å²) in [5.74, 6) is 0.116. The molecule has 0 aliphatic heterocycles. The number of anilines is 1. The Morgan fingerprint density at radius 2 is 1.75 bits per heavy atom. The quantitative estimate of drug-likeness (QED) is 0.442. The molecule has 6 heteroatoms. The molecule has 2 aromatic rings. The number of nitrogens with one attached hydrogen (secondary N) is 2. The van der Waals surface area contributed by atoms with Gasteiger partial charge in [-0.15, -0.1) is 0 Å². The Kier molecular flexibility index (Phi) is 6.31. The van der Waals surface area contributed by atoms with Crippen molar-refractivity contribution in [1.29, 1.82) is 0 Å². The van der Waals surface area contributed by atoms with E-state index in [2.05, 4.69) is 10.6 Å². The van der Waals surface area contributed by atoms with Crippen LogP contribution in [0.2, 0.25) is 0 Å². The number of hydrogen-bond donors (Lipinski definition) is 2. The van der Waals surface area contributed by atoms with E-state index in [1.165, 1.54) is 6.07 Å². The summed E-state index contributed by atoms with van der Waals surface area (Å²) in [6, 6.07) is 16.3. The fraction of sp³-hybridized carbons (Fsp3) is 0.278. The van der Waals surface area contributed by atoms with Crippen molar-refractivity contribution in [3.05, 3.63) is 70.3 Å². The van der Waals surface area contributed by atoms with E-state index in [1.807, 2.05) is 37.3 Å². The molecule has 0 fully saturated rings. The third-order valence-corrected chi connectivity index (χ3v) is 3.72. The van der Waals surface area contributed by atoms with Crippen molar-refractivity contribution in [2.24, 2.45) is 0 Å². The fourth-order valence-electron chi connectivity index (χ4n) is 2.43. The van der Waals surface area contributed by atoms with Gasteiger partial charge in [0.2, 0.25) is 5.91 Å². The van der Waals surface area contributed by atoms with Crippen LogP contribution in [0.4, 0.5) is 11.4 Å². The maximum absolute atomic E-state index is 12.0. The van der Waals surface area contributed by atoms with Crippen molar-refractivity contribution in [2.75, 3.05) is 18.4 Å². The average molecular weight is 327 g/mol. The Morgan fingerprint density at radius 1 is 1.08 bits per heavy atom. The Morgan fingerprint density at radius 3 is 2.46 bits per heavy atom. The zero-order valence-electron chi connectivity index (χ0n) is 13.6. The van der Waals surface area contributed by atoms with Gasteiger partial charge in [-0.1, -0.05) is 49.4 Å². The van der Waals surface area contributed by atoms with Crippen LogP contribution in [0, 0.1) is 10.1 Å². The number of nitro groups is 1. The first kappa shape index (κ1) is 17.5. The fourth-order valence-corrected chi connectivity index (χ4v) is 2.43. The molecular formula is C18H21N3O3. The highest BCUT2D eigenvalue weighted by molar-refractivity contribution is 5.76. The number of nitrogens with zero attached hydrogens (tertiary/aromatic N) is 1. The van der Waals surface area contributed by atoms with Gasteiger partial charge in [-0.2, -0.15) is 0 Å². The van der Waals surface area contributed by atoms with Gasteiger partial charge >= 0.3 is 0 Å². The maximum Gasteiger partial charge on any atom is 0.292 e. The van der Waals surface area contributed by atoms with Crippen LogP contribution in [0.25, 0.3) is 0 Å². The number of benzene rings is 2. The van der Waals surface area contributed by atoms with Crippen molar-refractivity contribution >= 4 is 17.3 Å². The first-order valence-electron chi connectivity index (χ1n) is 7.87. The molecule has 0 aromatic heterocycles. The summed E-state index contributed by atoms with van der Waals surface area (Å²) in [7, 11) is 0. The molecule has 0 saturated carbocycles. The van der Waals surface area contributed by atoms with Gasteiger partial charge in [0.05, 0.1) is 4.92 Å². The third kappa shape index (κ3) is 5.08. The lowest BCUT2D eigenvalue weighted by Crippen LogP contribution is -2.29. The molecule has 6 nitrogen and oxygen atoms in total. The number of hydrogen-bond acceptors (Lipinski definition) is 4. The van der Waals surface area contributed by atoms with E-state index in [9.17, 15) is 14.9 Å². The highest BCUT2D eigenvalue weighted by Gasteiger charge is 2.12. The first-order chi connectivity index (χ1) is 11.6. The SMILES string of the molecule is C[C@H](CC(=O)NCCNc1ccccc1[N+](=O)[O-])c1ccccc1. The minimum atomic E-state index is -0.428. The van der Waals surface area contributed by atoms with E-state index in [0.29, 0.717) is 25.2 Å². The lowest BCUT2D eigenvalue weighted by atomic mass is 9.98. The predicted molar refractivity (Wildman–Crippen MR) is 94.1 cm³/mol. The molecule has 0 bridgehead atoms. The van der Waals surface area contributed by atoms with Gasteiger partial charge in [-0.05, 0) is 17.5 Å². The monoisotopic (exact) mass is 327 g/mol. The van der Waals surface area contributed by atoms with Gasteiger partial charge in [0.25, 0.3) is 5.69 Å². The van der Waals surface area contributed by atoms with Crippen LogP contribution < -0.4 is 10.6 Å². The van der Waals surface area contributed by atoms with E-state index < -0.39 is 4.92 Å². The molecule has 2 N–H and O–H groups in total. The van der Waals surface area contributed by atoms with Gasteiger partial charge in [0.15, 0.2) is 0 Å². The van der Waals surface area contributed by atoms with Gasteiger partial charge < -0.3 is 10.6 Å². The van der Waals surface area contributed by atoms with Crippen LogP contribution in [0.15, 0.2) is 54.6 Å². The molecule has 0 unspecified atom stereocenters. The summed E-state index contributed by atoms with van der Waals surface area (Å²) in [5, 5.41) is 16.7. The topological polar surface area (TPSA) is 84.3 Å². The van der Waals surface area contributed by atoms with Crippen molar-refractivity contribution in [3.63, 3.8) is 0 Å². The van der Waals surface area contributed by atoms with Gasteiger partial charge in [-0.3, -0.25) is 14.9 Å². The van der Waals surface area contributed by atoms with Crippen molar-refractivity contribution in [3.8, 4) is 0 Å². The number of rotatable bonds is 8. The molecule has 126 valence electrons. The Labute approximate surface area is 141 Å². The number of carbonyl (C=O) groups is 1. The molecule has 0 aliphatic rings. The van der Waals surface area contributed by atoms with Gasteiger partial charge in [-0.25, -0.2) is 0 Å². The summed E-state index contributed by atoms with van der Waals surface area (Å²) in [6.45, 7) is 2.85. The molecule has 1 atom stereocenters. The van der Waals surface area contributed by atoms with Crippen LogP contribution >= 0.6 is 0 Å². The van der Waals surface area contributed by atoms with Crippen LogP contribution in [0.5, 0.6) is 0 Å². The Hall–Kier alpha value is -2.89. The van der Waals surface area contributed by atoms with E-state index in [-0.39, 0.29) is 17.5 Å². The van der Waals surface area contributed by atoms with Gasteiger partial charge in [0, 0.05) is 25.6 Å². The summed E-state index contributed by atoms with van der Waals surface area (Å²) < 4.78 is 0. The van der Waals surface area contributed by atoms with Crippen LogP contribution in [0.3, 0.4) is 0 Å². The standard InChI is InChI=1S/C18H21N3O3/c1-14(15-7-3-2-4-8-15)13-18(22)20-12-11-19-16-9-5-6-10-17(16)21(23)24/h2-10,14,19H,11-13H2,1H3,(H,20,22)/t14-/m1/s1. The molecule has 0 aliphatic carbocycles. The highest BCUT2D eigenvalue weighted by Crippen LogP contribution is 2.22. The van der Waals surface area contributed by atoms with E-state index in [0.717, 1.165) is 5.56 Å². The number of amides is 1. The number of carbonyl (C=O) groups excluding carboxylic acids is 1. The summed E-state index contributed by atoms with van der Waals surface area (Å²) in [4.78, 5) is 22.5. The van der Waals surface area contributed by atoms with E-state index >= 15 is 0 Å². The molecule has 1 amide bonds. The van der Waals surface area contributed by atoms with E-state index in [4.69, 9.17) is 0 Å². The molecule has 0 saturated heterocycles. The molecule has 0 radical (unpaired) electrons. The minimum absolute atomic E-state index is 0.0292. The van der Waals surface area contributed by atoms with Crippen molar-refractivity contribution in [1.82, 2.24) is 5.32 Å². The summed E-state index contributed by atoms with van der Waals surface area (Å²) in [6.07, 6.45) is 0.412. The van der Waals surface area contributed by atoms with E-state index in [1.54, 1.807) is 18.2 Å². The molecule has 2 rings (SSSR count). The van der Waals surface area contributed by atoms with Crippen molar-refractivity contribution in [2.45, 2.75) is 19.3 Å². The minimum Gasteiger partial charge on any atom is -0.378 e. The largest absolute Gasteiger partial charge is 0.378 e. The number of nitro benzene ring substituents is 1. The van der Waals surface area contributed by atoms with Gasteiger partial charge in [0.1, 0.15) is 5.69 Å². The normalized spacial score (nSPS) is 11.5. The molecule has 2 aromatic carbocycles. The smallest absolute Gasteiger partial charge is 0.292 e. The Balaban J connectivity index is 1.74. The Bertz CT molecular complexity index is 689. The second-order valence-electron chi connectivity index (χ2n) is 5.57. The van der Waals surface area contributed by atoms with Crippen LogP contribution in [0.1, 0.15) is 24.8 Å². The second-order valence-corrected chi connectivity index (χ2v) is 5.57. The zero-order chi connectivity index (χ0) is 17.4.